The number of amides is 1. The minimum Gasteiger partial charge on any atom is -0.467 e. The Bertz CT molecular complexity index is 1010. The van der Waals surface area contributed by atoms with Gasteiger partial charge in [-0.25, -0.2) is 0 Å². The third-order valence-electron chi connectivity index (χ3n) is 3.95. The molecule has 9 heteroatoms. The molecule has 0 spiro atoms. The summed E-state index contributed by atoms with van der Waals surface area (Å²) < 4.78 is 8.76. The number of fused-ring (bicyclic) bond motifs is 1. The maximum absolute atomic E-state index is 12.4. The Morgan fingerprint density at radius 1 is 1.15 bits per heavy atom. The van der Waals surface area contributed by atoms with E-state index < -0.39 is 0 Å². The first-order valence-electron chi connectivity index (χ1n) is 8.39. The molecule has 0 aliphatic heterocycles. The highest BCUT2D eigenvalue weighted by Crippen LogP contribution is 2.15. The number of aromatic nitrogens is 6. The summed E-state index contributed by atoms with van der Waals surface area (Å²) in [4.78, 5) is 12.4. The normalized spacial score (nSPS) is 12.0. The minimum absolute atomic E-state index is 0.150. The molecule has 1 aromatic carbocycles. The summed E-state index contributed by atoms with van der Waals surface area (Å²) in [5.41, 5.74) is 1.60. The summed E-state index contributed by atoms with van der Waals surface area (Å²) in [6.07, 6.45) is 5.04. The molecular formula is C18H17N7O2. The quantitative estimate of drug-likeness (QED) is 0.531. The van der Waals surface area contributed by atoms with Gasteiger partial charge in [0.25, 0.3) is 5.91 Å². The van der Waals surface area contributed by atoms with E-state index in [-0.39, 0.29) is 18.6 Å². The molecule has 1 N–H and O–H groups in total. The van der Waals surface area contributed by atoms with E-state index >= 15 is 0 Å². The Morgan fingerprint density at radius 2 is 2.04 bits per heavy atom. The van der Waals surface area contributed by atoms with Crippen molar-refractivity contribution in [1.82, 2.24) is 34.9 Å². The van der Waals surface area contributed by atoms with Crippen molar-refractivity contribution in [2.75, 3.05) is 6.61 Å². The van der Waals surface area contributed by atoms with Gasteiger partial charge in [-0.15, -0.1) is 15.3 Å². The van der Waals surface area contributed by atoms with Crippen LogP contribution in [0.25, 0.3) is 5.65 Å². The van der Waals surface area contributed by atoms with Gasteiger partial charge in [0.05, 0.1) is 12.6 Å². The second-order valence-corrected chi connectivity index (χ2v) is 5.85. The zero-order valence-corrected chi connectivity index (χ0v) is 14.3. The van der Waals surface area contributed by atoms with Gasteiger partial charge in [-0.3, -0.25) is 9.48 Å². The van der Waals surface area contributed by atoms with Crippen molar-refractivity contribution < 1.29 is 9.53 Å². The van der Waals surface area contributed by atoms with Gasteiger partial charge in [0.15, 0.2) is 12.3 Å². The van der Waals surface area contributed by atoms with E-state index in [1.54, 1.807) is 23.0 Å². The number of hydrogen-bond acceptors (Lipinski definition) is 6. The Balaban J connectivity index is 1.41. The predicted octanol–water partition coefficient (Wildman–Crippen LogP) is 1.26. The Morgan fingerprint density at radius 3 is 2.85 bits per heavy atom. The lowest BCUT2D eigenvalue weighted by Gasteiger charge is -2.19. The van der Waals surface area contributed by atoms with Crippen molar-refractivity contribution in [2.45, 2.75) is 12.6 Å². The van der Waals surface area contributed by atoms with Gasteiger partial charge in [0.1, 0.15) is 6.33 Å². The summed E-state index contributed by atoms with van der Waals surface area (Å²) in [5, 5.41) is 19.0. The third-order valence-corrected chi connectivity index (χ3v) is 3.95. The van der Waals surface area contributed by atoms with Crippen molar-refractivity contribution in [3.8, 4) is 5.88 Å². The average Bonchev–Trinajstić information content (AvgIpc) is 3.38. The molecule has 1 amide bonds. The van der Waals surface area contributed by atoms with E-state index in [0.29, 0.717) is 18.1 Å². The van der Waals surface area contributed by atoms with Crippen LogP contribution in [0.1, 0.15) is 11.6 Å². The minimum atomic E-state index is -0.248. The largest absolute Gasteiger partial charge is 0.467 e. The van der Waals surface area contributed by atoms with Gasteiger partial charge in [0.2, 0.25) is 5.88 Å². The molecule has 27 heavy (non-hydrogen) atoms. The zero-order chi connectivity index (χ0) is 18.5. The number of ether oxygens (including phenoxy) is 1. The van der Waals surface area contributed by atoms with Crippen LogP contribution < -0.4 is 10.1 Å². The molecule has 3 heterocycles. The molecular weight excluding hydrogens is 346 g/mol. The number of rotatable bonds is 7. The van der Waals surface area contributed by atoms with Crippen LogP contribution in [-0.2, 0) is 11.3 Å². The van der Waals surface area contributed by atoms with Crippen LogP contribution in [-0.4, -0.2) is 42.1 Å². The fraction of sp³-hybridized carbons (Fsp3) is 0.167. The first kappa shape index (κ1) is 16.7. The second kappa shape index (κ2) is 7.65. The zero-order valence-electron chi connectivity index (χ0n) is 14.3. The monoisotopic (exact) mass is 363 g/mol. The third kappa shape index (κ3) is 4.09. The summed E-state index contributed by atoms with van der Waals surface area (Å²) in [5.74, 6) is 0.0717. The maximum atomic E-state index is 12.4. The Hall–Kier alpha value is -3.75. The molecule has 3 aromatic heterocycles. The van der Waals surface area contributed by atoms with E-state index in [0.717, 1.165) is 5.56 Å². The molecule has 0 saturated heterocycles. The van der Waals surface area contributed by atoms with Gasteiger partial charge in [0, 0.05) is 18.5 Å². The summed E-state index contributed by atoms with van der Waals surface area (Å²) >= 11 is 0. The van der Waals surface area contributed by atoms with Crippen molar-refractivity contribution in [3.05, 3.63) is 72.8 Å². The molecule has 4 rings (SSSR count). The van der Waals surface area contributed by atoms with Gasteiger partial charge in [-0.2, -0.15) is 9.61 Å². The van der Waals surface area contributed by atoms with E-state index in [1.807, 2.05) is 42.6 Å². The van der Waals surface area contributed by atoms with Crippen molar-refractivity contribution in [3.63, 3.8) is 0 Å². The second-order valence-electron chi connectivity index (χ2n) is 5.85. The number of carbonyl (C=O) groups excluding carboxylic acids is 1. The molecule has 0 fully saturated rings. The number of hydrogen-bond donors (Lipinski definition) is 1. The topological polar surface area (TPSA) is 99.2 Å². The van der Waals surface area contributed by atoms with Crippen LogP contribution in [0.4, 0.5) is 0 Å². The van der Waals surface area contributed by atoms with E-state index in [4.69, 9.17) is 4.74 Å². The van der Waals surface area contributed by atoms with Crippen molar-refractivity contribution in [2.24, 2.45) is 0 Å². The van der Waals surface area contributed by atoms with Crippen molar-refractivity contribution >= 4 is 11.6 Å². The van der Waals surface area contributed by atoms with Gasteiger partial charge in [-0.1, -0.05) is 30.3 Å². The SMILES string of the molecule is O=C(COc1ccc2nncn2n1)N[C@H](Cn1cccn1)c1ccccc1. The van der Waals surface area contributed by atoms with Crippen LogP contribution in [0.15, 0.2) is 67.3 Å². The Kier molecular flexibility index (Phi) is 4.73. The van der Waals surface area contributed by atoms with Gasteiger partial charge >= 0.3 is 0 Å². The first-order valence-corrected chi connectivity index (χ1v) is 8.39. The smallest absolute Gasteiger partial charge is 0.258 e. The number of nitrogens with zero attached hydrogens (tertiary/aromatic N) is 6. The predicted molar refractivity (Wildman–Crippen MR) is 95.8 cm³/mol. The molecule has 0 radical (unpaired) electrons. The standard InChI is InChI=1S/C18H17N7O2/c26-17(12-27-18-8-7-16-22-19-13-25(16)23-18)21-15(11-24-10-4-9-20-24)14-5-2-1-3-6-14/h1-10,13,15H,11-12H2,(H,21,26)/t15-/m1/s1. The first-order chi connectivity index (χ1) is 13.3. The van der Waals surface area contributed by atoms with Crippen LogP contribution in [0.2, 0.25) is 0 Å². The van der Waals surface area contributed by atoms with E-state index in [2.05, 4.69) is 25.7 Å². The molecule has 0 aliphatic carbocycles. The molecule has 4 aromatic rings. The van der Waals surface area contributed by atoms with Crippen LogP contribution in [0, 0.1) is 0 Å². The highest BCUT2D eigenvalue weighted by atomic mass is 16.5. The highest BCUT2D eigenvalue weighted by Gasteiger charge is 2.16. The molecule has 136 valence electrons. The number of carbonyl (C=O) groups is 1. The van der Waals surface area contributed by atoms with Crippen molar-refractivity contribution in [1.29, 1.82) is 0 Å². The highest BCUT2D eigenvalue weighted by molar-refractivity contribution is 5.78. The summed E-state index contributed by atoms with van der Waals surface area (Å²) in [6.45, 7) is 0.372. The summed E-state index contributed by atoms with van der Waals surface area (Å²) in [7, 11) is 0. The molecule has 0 saturated carbocycles. The van der Waals surface area contributed by atoms with Crippen LogP contribution in [0.3, 0.4) is 0 Å². The molecule has 0 unspecified atom stereocenters. The van der Waals surface area contributed by atoms with E-state index in [9.17, 15) is 4.79 Å². The fourth-order valence-electron chi connectivity index (χ4n) is 2.68. The van der Waals surface area contributed by atoms with E-state index in [1.165, 1.54) is 10.8 Å². The molecule has 9 nitrogen and oxygen atoms in total. The molecule has 0 bridgehead atoms. The van der Waals surface area contributed by atoms with Gasteiger partial charge in [-0.05, 0) is 17.7 Å². The molecule has 1 atom stereocenters. The van der Waals surface area contributed by atoms with Gasteiger partial charge < -0.3 is 10.1 Å². The fourth-order valence-corrected chi connectivity index (χ4v) is 2.68. The lowest BCUT2D eigenvalue weighted by molar-refractivity contribution is -0.124. The Labute approximate surface area is 154 Å². The maximum Gasteiger partial charge on any atom is 0.258 e. The molecule has 0 aliphatic rings. The lowest BCUT2D eigenvalue weighted by atomic mass is 10.1. The lowest BCUT2D eigenvalue weighted by Crippen LogP contribution is -2.35. The summed E-state index contributed by atoms with van der Waals surface area (Å²) in [6, 6.07) is 14.7. The average molecular weight is 363 g/mol. The number of nitrogens with one attached hydrogen (secondary N) is 1. The number of benzene rings is 1. The van der Waals surface area contributed by atoms with Crippen LogP contribution in [0.5, 0.6) is 5.88 Å². The van der Waals surface area contributed by atoms with Crippen LogP contribution >= 0.6 is 0 Å².